The van der Waals surface area contributed by atoms with E-state index in [-0.39, 0.29) is 0 Å². The number of para-hydroxylation sites is 2. The van der Waals surface area contributed by atoms with E-state index in [1.165, 1.54) is 5.69 Å². The van der Waals surface area contributed by atoms with Crippen LogP contribution in [0.15, 0.2) is 60.8 Å². The predicted octanol–water partition coefficient (Wildman–Crippen LogP) is 5.69. The van der Waals surface area contributed by atoms with Crippen molar-refractivity contribution in [2.75, 3.05) is 13.7 Å². The van der Waals surface area contributed by atoms with E-state index < -0.39 is 0 Å². The monoisotopic (exact) mass is 416 g/mol. The number of ether oxygens (including phenoxy) is 3. The summed E-state index contributed by atoms with van der Waals surface area (Å²) in [7, 11) is 1.70. The number of rotatable bonds is 8. The minimum Gasteiger partial charge on any atom is -0.496 e. The van der Waals surface area contributed by atoms with Crippen LogP contribution in [0.2, 0.25) is 0 Å². The lowest BCUT2D eigenvalue weighted by atomic mass is 10.2. The molecule has 0 spiro atoms. The lowest BCUT2D eigenvalue weighted by Gasteiger charge is -2.15. The molecule has 0 aliphatic heterocycles. The lowest BCUT2D eigenvalue weighted by Crippen LogP contribution is -2.06. The number of hydrogen-bond donors (Lipinski definition) is 0. The van der Waals surface area contributed by atoms with Gasteiger partial charge in [0.05, 0.1) is 25.8 Å². The second-order valence-corrected chi connectivity index (χ2v) is 7.44. The summed E-state index contributed by atoms with van der Waals surface area (Å²) in [5.41, 5.74) is 6.41. The van der Waals surface area contributed by atoms with Crippen LogP contribution in [-0.4, -0.2) is 23.3 Å². The van der Waals surface area contributed by atoms with E-state index in [0.717, 1.165) is 45.0 Å². The molecule has 4 aromatic rings. The molecule has 0 radical (unpaired) electrons. The van der Waals surface area contributed by atoms with Crippen LogP contribution in [0.5, 0.6) is 17.2 Å². The third-order valence-electron chi connectivity index (χ3n) is 5.64. The number of methoxy groups -OCH3 is 1. The maximum absolute atomic E-state index is 6.32. The van der Waals surface area contributed by atoms with Crippen LogP contribution in [0.4, 0.5) is 0 Å². The Hall–Kier alpha value is -3.47. The molecule has 2 heterocycles. The average Bonchev–Trinajstić information content (AvgIpc) is 3.04. The first-order valence-electron chi connectivity index (χ1n) is 10.5. The number of aromatic nitrogens is 2. The van der Waals surface area contributed by atoms with E-state index in [1.54, 1.807) is 7.11 Å². The summed E-state index contributed by atoms with van der Waals surface area (Å²) in [5.74, 6) is 2.54. The van der Waals surface area contributed by atoms with E-state index in [1.807, 2.05) is 61.7 Å². The van der Waals surface area contributed by atoms with Gasteiger partial charge in [-0.05, 0) is 38.5 Å². The summed E-state index contributed by atoms with van der Waals surface area (Å²) in [4.78, 5) is 4.65. The van der Waals surface area contributed by atoms with Gasteiger partial charge in [-0.3, -0.25) is 4.98 Å². The number of aryl methyl sites for hydroxylation is 1. The van der Waals surface area contributed by atoms with Crippen molar-refractivity contribution in [1.29, 1.82) is 0 Å². The highest BCUT2D eigenvalue weighted by Crippen LogP contribution is 2.33. The van der Waals surface area contributed by atoms with Crippen molar-refractivity contribution in [3.05, 3.63) is 83.2 Å². The second-order valence-electron chi connectivity index (χ2n) is 7.44. The number of nitrogens with zero attached hydrogens (tertiary/aromatic N) is 2. The number of pyridine rings is 1. The highest BCUT2D eigenvalue weighted by molar-refractivity contribution is 5.86. The summed E-state index contributed by atoms with van der Waals surface area (Å²) in [6.07, 6.45) is 1.81. The Labute approximate surface area is 183 Å². The van der Waals surface area contributed by atoms with Gasteiger partial charge in [-0.2, -0.15) is 0 Å². The number of hydrogen-bond acceptors (Lipinski definition) is 4. The SMILES string of the molecule is CCOc1ccccc1COc1ccnc2c(C)c(C)n(Cc3ccccc3OC)c12. The molecular weight excluding hydrogens is 388 g/mol. The third kappa shape index (κ3) is 4.08. The Morgan fingerprint density at radius 2 is 1.55 bits per heavy atom. The molecule has 0 unspecified atom stereocenters. The molecule has 0 saturated carbocycles. The molecule has 2 aromatic carbocycles. The van der Waals surface area contributed by atoms with Crippen LogP contribution < -0.4 is 14.2 Å². The summed E-state index contributed by atoms with van der Waals surface area (Å²) in [6.45, 7) is 7.94. The van der Waals surface area contributed by atoms with Crippen LogP contribution in [0.1, 0.15) is 29.3 Å². The lowest BCUT2D eigenvalue weighted by molar-refractivity contribution is 0.288. The molecule has 5 nitrogen and oxygen atoms in total. The Morgan fingerprint density at radius 3 is 2.29 bits per heavy atom. The molecule has 0 N–H and O–H groups in total. The third-order valence-corrected chi connectivity index (χ3v) is 5.64. The zero-order valence-electron chi connectivity index (χ0n) is 18.5. The van der Waals surface area contributed by atoms with Crippen molar-refractivity contribution in [1.82, 2.24) is 9.55 Å². The molecule has 0 saturated heterocycles. The molecule has 31 heavy (non-hydrogen) atoms. The van der Waals surface area contributed by atoms with Gasteiger partial charge < -0.3 is 18.8 Å². The Kier molecular flexibility index (Phi) is 6.12. The van der Waals surface area contributed by atoms with Gasteiger partial charge in [0.15, 0.2) is 0 Å². The van der Waals surface area contributed by atoms with Crippen LogP contribution >= 0.6 is 0 Å². The van der Waals surface area contributed by atoms with Crippen LogP contribution in [-0.2, 0) is 13.2 Å². The van der Waals surface area contributed by atoms with Gasteiger partial charge in [0.25, 0.3) is 0 Å². The number of benzene rings is 2. The standard InChI is InChI=1S/C26H28N2O3/c1-5-30-23-13-9-7-11-21(23)17-31-24-14-15-27-25-18(2)19(3)28(26(24)25)16-20-10-6-8-12-22(20)29-4/h6-15H,5,16-17H2,1-4H3. The van der Waals surface area contributed by atoms with Gasteiger partial charge in [-0.25, -0.2) is 0 Å². The fourth-order valence-electron chi connectivity index (χ4n) is 3.91. The van der Waals surface area contributed by atoms with Gasteiger partial charge in [-0.1, -0.05) is 36.4 Å². The van der Waals surface area contributed by atoms with Crippen molar-refractivity contribution >= 4 is 11.0 Å². The highest BCUT2D eigenvalue weighted by Gasteiger charge is 2.18. The Morgan fingerprint density at radius 1 is 0.839 bits per heavy atom. The molecule has 0 fully saturated rings. The van der Waals surface area contributed by atoms with Crippen molar-refractivity contribution in [3.8, 4) is 17.2 Å². The molecule has 5 heteroatoms. The van der Waals surface area contributed by atoms with Gasteiger partial charge in [-0.15, -0.1) is 0 Å². The van der Waals surface area contributed by atoms with Gasteiger partial charge in [0.1, 0.15) is 29.4 Å². The first-order valence-corrected chi connectivity index (χ1v) is 10.5. The molecule has 160 valence electrons. The van der Waals surface area contributed by atoms with Gasteiger partial charge in [0.2, 0.25) is 0 Å². The molecular formula is C26H28N2O3. The first kappa shape index (κ1) is 20.8. The van der Waals surface area contributed by atoms with E-state index in [9.17, 15) is 0 Å². The molecule has 4 rings (SSSR count). The summed E-state index contributed by atoms with van der Waals surface area (Å²) < 4.78 is 19.9. The van der Waals surface area contributed by atoms with Crippen molar-refractivity contribution in [2.24, 2.45) is 0 Å². The second kappa shape index (κ2) is 9.13. The van der Waals surface area contributed by atoms with E-state index in [4.69, 9.17) is 14.2 Å². The maximum atomic E-state index is 6.32. The van der Waals surface area contributed by atoms with Crippen molar-refractivity contribution in [3.63, 3.8) is 0 Å². The molecule has 0 bridgehead atoms. The first-order chi connectivity index (χ1) is 15.1. The Bertz CT molecular complexity index is 1200. The van der Waals surface area contributed by atoms with Crippen molar-refractivity contribution in [2.45, 2.75) is 33.9 Å². The summed E-state index contributed by atoms with van der Waals surface area (Å²) >= 11 is 0. The zero-order chi connectivity index (χ0) is 21.8. The van der Waals surface area contributed by atoms with E-state index in [2.05, 4.69) is 29.5 Å². The van der Waals surface area contributed by atoms with Gasteiger partial charge in [0, 0.05) is 29.1 Å². The van der Waals surface area contributed by atoms with E-state index in [0.29, 0.717) is 19.8 Å². The minimum atomic E-state index is 0.424. The van der Waals surface area contributed by atoms with Crippen LogP contribution in [0, 0.1) is 13.8 Å². The predicted molar refractivity (Wildman–Crippen MR) is 123 cm³/mol. The van der Waals surface area contributed by atoms with E-state index >= 15 is 0 Å². The number of fused-ring (bicyclic) bond motifs is 1. The normalized spacial score (nSPS) is 11.0. The van der Waals surface area contributed by atoms with Crippen molar-refractivity contribution < 1.29 is 14.2 Å². The maximum Gasteiger partial charge on any atom is 0.147 e. The molecule has 0 amide bonds. The quantitative estimate of drug-likeness (QED) is 0.370. The highest BCUT2D eigenvalue weighted by atomic mass is 16.5. The largest absolute Gasteiger partial charge is 0.496 e. The van der Waals surface area contributed by atoms with Crippen LogP contribution in [0.25, 0.3) is 11.0 Å². The van der Waals surface area contributed by atoms with Gasteiger partial charge >= 0.3 is 0 Å². The van der Waals surface area contributed by atoms with Crippen LogP contribution in [0.3, 0.4) is 0 Å². The zero-order valence-corrected chi connectivity index (χ0v) is 18.5. The molecule has 0 aliphatic carbocycles. The topological polar surface area (TPSA) is 45.5 Å². The minimum absolute atomic E-state index is 0.424. The molecule has 2 aromatic heterocycles. The fraction of sp³-hybridized carbons (Fsp3) is 0.269. The smallest absolute Gasteiger partial charge is 0.147 e. The molecule has 0 atom stereocenters. The Balaban J connectivity index is 1.73. The molecule has 0 aliphatic rings. The summed E-state index contributed by atoms with van der Waals surface area (Å²) in [6, 6.07) is 18.0. The fourth-order valence-corrected chi connectivity index (χ4v) is 3.91. The summed E-state index contributed by atoms with van der Waals surface area (Å²) in [5, 5.41) is 0. The average molecular weight is 417 g/mol.